The number of para-hydroxylation sites is 4. The van der Waals surface area contributed by atoms with Crippen LogP contribution in [-0.4, -0.2) is 11.3 Å². The molecule has 0 radical (unpaired) electrons. The highest BCUT2D eigenvalue weighted by molar-refractivity contribution is 7.26. The van der Waals surface area contributed by atoms with Crippen molar-refractivity contribution in [2.24, 2.45) is 0 Å². The van der Waals surface area contributed by atoms with Crippen LogP contribution in [-0.2, 0) is 0 Å². The Morgan fingerprint density at radius 1 is 0.578 bits per heavy atom. The molecule has 0 fully saturated rings. The smallest absolute Gasteiger partial charge is 0.333 e. The van der Waals surface area contributed by atoms with Gasteiger partial charge in [-0.25, -0.2) is 0 Å². The van der Waals surface area contributed by atoms with E-state index in [9.17, 15) is 0 Å². The Morgan fingerprint density at radius 2 is 1.36 bits per heavy atom. The first-order valence-electron chi connectivity index (χ1n) is 15.5. The SMILES string of the molecule is c1ccc2c(c1)Oc1cccc3c1N2c1c2c(cc4c1sc1ccccc14)-c1cccc4c5cc6ccccc6cc5n(c14)B32. The molecule has 0 atom stereocenters. The molecule has 5 heteroatoms. The number of nitrogens with zero attached hydrogens (tertiary/aromatic N) is 2. The summed E-state index contributed by atoms with van der Waals surface area (Å²) in [4.78, 5) is 2.52. The van der Waals surface area contributed by atoms with Crippen molar-refractivity contribution >= 4 is 98.9 Å². The highest BCUT2D eigenvalue weighted by atomic mass is 32.1. The first-order chi connectivity index (χ1) is 22.3. The lowest BCUT2D eigenvalue weighted by atomic mass is 9.45. The van der Waals surface area contributed by atoms with Gasteiger partial charge in [0.05, 0.1) is 21.8 Å². The number of hydrogen-bond acceptors (Lipinski definition) is 3. The molecule has 5 heterocycles. The van der Waals surface area contributed by atoms with Crippen LogP contribution in [0.25, 0.3) is 63.9 Å². The number of anilines is 3. The van der Waals surface area contributed by atoms with E-state index >= 15 is 0 Å². The predicted octanol–water partition coefficient (Wildman–Crippen LogP) is 9.84. The normalized spacial score (nSPS) is 13.9. The summed E-state index contributed by atoms with van der Waals surface area (Å²) in [6, 6.07) is 46.9. The van der Waals surface area contributed by atoms with Gasteiger partial charge in [0.25, 0.3) is 0 Å². The second-order valence-corrected chi connectivity index (χ2v) is 13.5. The van der Waals surface area contributed by atoms with E-state index in [0.717, 1.165) is 22.9 Å². The third-order valence-electron chi connectivity index (χ3n) is 10.3. The third kappa shape index (κ3) is 2.63. The minimum atomic E-state index is 0.000682. The van der Waals surface area contributed by atoms with Gasteiger partial charge in [0.2, 0.25) is 0 Å². The zero-order chi connectivity index (χ0) is 29.0. The number of aromatic nitrogens is 1. The molecule has 0 aliphatic carbocycles. The first kappa shape index (κ1) is 22.9. The fourth-order valence-electron chi connectivity index (χ4n) is 8.55. The Balaban J connectivity index is 1.35. The molecule has 9 aromatic rings. The van der Waals surface area contributed by atoms with E-state index in [4.69, 9.17) is 4.74 Å². The van der Waals surface area contributed by atoms with E-state index in [1.165, 1.54) is 80.5 Å². The summed E-state index contributed by atoms with van der Waals surface area (Å²) in [6.07, 6.45) is 0. The van der Waals surface area contributed by atoms with Crippen molar-refractivity contribution in [3.05, 3.63) is 127 Å². The van der Waals surface area contributed by atoms with Crippen LogP contribution < -0.4 is 20.6 Å². The van der Waals surface area contributed by atoms with E-state index in [1.54, 1.807) is 0 Å². The van der Waals surface area contributed by atoms with Gasteiger partial charge in [0.15, 0.2) is 11.5 Å². The van der Waals surface area contributed by atoms with Crippen molar-refractivity contribution in [2.75, 3.05) is 4.90 Å². The second-order valence-electron chi connectivity index (χ2n) is 12.5. The summed E-state index contributed by atoms with van der Waals surface area (Å²) < 4.78 is 12.0. The highest BCUT2D eigenvalue weighted by Crippen LogP contribution is 2.56. The molecular formula is C40H21BN2OS. The fourth-order valence-corrected chi connectivity index (χ4v) is 9.78. The van der Waals surface area contributed by atoms with Crippen LogP contribution in [0.5, 0.6) is 11.5 Å². The topological polar surface area (TPSA) is 17.4 Å². The van der Waals surface area contributed by atoms with Crippen molar-refractivity contribution in [3.8, 4) is 22.6 Å². The molecule has 0 saturated heterocycles. The molecule has 7 aromatic carbocycles. The quantitative estimate of drug-likeness (QED) is 0.164. The molecule has 3 aliphatic rings. The molecule has 206 valence electrons. The maximum atomic E-state index is 6.67. The molecule has 0 saturated carbocycles. The number of rotatable bonds is 0. The molecule has 3 nitrogen and oxygen atoms in total. The summed E-state index contributed by atoms with van der Waals surface area (Å²) in [5.74, 6) is 1.80. The van der Waals surface area contributed by atoms with Crippen LogP contribution in [0.15, 0.2) is 127 Å². The molecule has 3 aliphatic heterocycles. The van der Waals surface area contributed by atoms with Gasteiger partial charge < -0.3 is 14.1 Å². The van der Waals surface area contributed by atoms with Crippen molar-refractivity contribution in [2.45, 2.75) is 0 Å². The largest absolute Gasteiger partial charge is 0.453 e. The number of hydrogen-bond donors (Lipinski definition) is 0. The maximum Gasteiger partial charge on any atom is 0.333 e. The zero-order valence-corrected chi connectivity index (χ0v) is 24.7. The van der Waals surface area contributed by atoms with Gasteiger partial charge in [-0.2, -0.15) is 0 Å². The standard InChI is InChI=1S/C40H21BN2OS/c1-2-10-23-20-32-27(19-22(23)9-1)25-12-7-13-26-28-21-29-24-11-3-6-18-35(24)45-40(29)39-36(28)41(43(32)37(25)26)30-14-8-17-34-38(30)42(39)31-15-4-5-16-33(31)44-34/h1-21H. The van der Waals surface area contributed by atoms with Gasteiger partial charge in [-0.1, -0.05) is 84.9 Å². The van der Waals surface area contributed by atoms with E-state index in [1.807, 2.05) is 11.3 Å². The molecular weight excluding hydrogens is 567 g/mol. The van der Waals surface area contributed by atoms with Crippen LogP contribution in [0.1, 0.15) is 0 Å². The summed E-state index contributed by atoms with van der Waals surface area (Å²) >= 11 is 1.91. The van der Waals surface area contributed by atoms with Crippen molar-refractivity contribution < 1.29 is 4.74 Å². The molecule has 2 aromatic heterocycles. The van der Waals surface area contributed by atoms with E-state index in [2.05, 4.69) is 137 Å². The van der Waals surface area contributed by atoms with Gasteiger partial charge in [-0.3, -0.25) is 0 Å². The van der Waals surface area contributed by atoms with Crippen molar-refractivity contribution in [3.63, 3.8) is 0 Å². The Kier molecular flexibility index (Phi) is 3.96. The minimum Gasteiger partial charge on any atom is -0.453 e. The lowest BCUT2D eigenvalue weighted by Gasteiger charge is -2.43. The molecule has 45 heavy (non-hydrogen) atoms. The Bertz CT molecular complexity index is 2830. The average Bonchev–Trinajstić information content (AvgIpc) is 3.62. The summed E-state index contributed by atoms with van der Waals surface area (Å²) in [6.45, 7) is 0.000682. The summed E-state index contributed by atoms with van der Waals surface area (Å²) in [7, 11) is 0. The van der Waals surface area contributed by atoms with Crippen LogP contribution in [0.2, 0.25) is 0 Å². The van der Waals surface area contributed by atoms with Gasteiger partial charge in [0, 0.05) is 42.8 Å². The predicted molar refractivity (Wildman–Crippen MR) is 190 cm³/mol. The zero-order valence-electron chi connectivity index (χ0n) is 23.9. The third-order valence-corrected chi connectivity index (χ3v) is 11.5. The van der Waals surface area contributed by atoms with E-state index in [0.29, 0.717) is 0 Å². The number of thiophene rings is 1. The van der Waals surface area contributed by atoms with Crippen LogP contribution in [0, 0.1) is 0 Å². The van der Waals surface area contributed by atoms with Gasteiger partial charge in [-0.15, -0.1) is 11.3 Å². The van der Waals surface area contributed by atoms with Gasteiger partial charge >= 0.3 is 6.85 Å². The average molecular weight is 589 g/mol. The van der Waals surface area contributed by atoms with Gasteiger partial charge in [-0.05, 0) is 69.7 Å². The van der Waals surface area contributed by atoms with Crippen molar-refractivity contribution in [1.29, 1.82) is 0 Å². The van der Waals surface area contributed by atoms with E-state index < -0.39 is 0 Å². The van der Waals surface area contributed by atoms with E-state index in [-0.39, 0.29) is 6.85 Å². The Labute approximate surface area is 262 Å². The van der Waals surface area contributed by atoms with Crippen LogP contribution >= 0.6 is 11.3 Å². The Morgan fingerprint density at radius 3 is 2.31 bits per heavy atom. The maximum absolute atomic E-state index is 6.67. The second kappa shape index (κ2) is 7.76. The van der Waals surface area contributed by atoms with Crippen molar-refractivity contribution in [1.82, 2.24) is 4.48 Å². The monoisotopic (exact) mass is 588 g/mol. The lowest BCUT2D eigenvalue weighted by molar-refractivity contribution is 0.477. The fraction of sp³-hybridized carbons (Fsp3) is 0. The molecule has 0 amide bonds. The number of ether oxygens (including phenoxy) is 1. The molecule has 0 spiro atoms. The Hall–Kier alpha value is -5.52. The molecule has 0 bridgehead atoms. The first-order valence-corrected chi connectivity index (χ1v) is 16.3. The number of fused-ring (bicyclic) bond motifs is 14. The van der Waals surface area contributed by atoms with Gasteiger partial charge in [0.1, 0.15) is 0 Å². The summed E-state index contributed by atoms with van der Waals surface area (Å²) in [5, 5.41) is 7.79. The highest BCUT2D eigenvalue weighted by Gasteiger charge is 2.46. The van der Waals surface area contributed by atoms with Crippen LogP contribution in [0.3, 0.4) is 0 Å². The molecule has 12 rings (SSSR count). The summed E-state index contributed by atoms with van der Waals surface area (Å²) in [5.41, 5.74) is 11.4. The van der Waals surface area contributed by atoms with Crippen LogP contribution in [0.4, 0.5) is 17.1 Å². The lowest BCUT2D eigenvalue weighted by Crippen LogP contribution is -2.57. The number of benzene rings is 7. The minimum absolute atomic E-state index is 0.000682. The molecule has 0 N–H and O–H groups in total. The molecule has 0 unspecified atom stereocenters.